The van der Waals surface area contributed by atoms with Crippen LogP contribution in [0.4, 0.5) is 11.6 Å². The third kappa shape index (κ3) is 2.65. The molecule has 3 rings (SSSR count). The first-order chi connectivity index (χ1) is 9.19. The molecule has 2 aliphatic heterocycles. The fraction of sp³-hybridized carbons (Fsp3) is 0.143. The summed E-state index contributed by atoms with van der Waals surface area (Å²) in [6.45, 7) is 3.88. The minimum absolute atomic E-state index is 0.702. The zero-order chi connectivity index (χ0) is 13.2. The molecule has 0 amide bonds. The summed E-state index contributed by atoms with van der Waals surface area (Å²) in [4.78, 5) is 20.4. The number of nitrogens with zero attached hydrogens (tertiary/aromatic N) is 4. The normalized spacial score (nSPS) is 21.6. The second-order valence-electron chi connectivity index (χ2n) is 4.34. The summed E-state index contributed by atoms with van der Waals surface area (Å²) in [5, 5.41) is 0. The number of aliphatic imine (C=N–C) groups is 4. The number of hydrogen-bond acceptors (Lipinski definition) is 2. The van der Waals surface area contributed by atoms with Crippen molar-refractivity contribution in [3.05, 3.63) is 36.4 Å². The van der Waals surface area contributed by atoms with Gasteiger partial charge in [-0.15, -0.1) is 0 Å². The largest absolute Gasteiger partial charge is 0.325 e. The smallest absolute Gasteiger partial charge is 0.154 e. The summed E-state index contributed by atoms with van der Waals surface area (Å²) in [5.74, 6) is 2.88. The summed E-state index contributed by atoms with van der Waals surface area (Å²) >= 11 is 0. The molecule has 0 atom stereocenters. The van der Waals surface area contributed by atoms with Crippen LogP contribution in [0.5, 0.6) is 0 Å². The number of hydrogen-bond donors (Lipinski definition) is 1. The Morgan fingerprint density at radius 2 is 1.26 bits per heavy atom. The van der Waals surface area contributed by atoms with Crippen LogP contribution in [-0.4, -0.2) is 28.1 Å². The highest BCUT2D eigenvalue weighted by molar-refractivity contribution is 6.15. The van der Waals surface area contributed by atoms with E-state index in [0.717, 1.165) is 23.1 Å². The highest BCUT2D eigenvalue weighted by Gasteiger charge is 2.04. The lowest BCUT2D eigenvalue weighted by molar-refractivity contribution is 1.29. The quantitative estimate of drug-likeness (QED) is 0.839. The van der Waals surface area contributed by atoms with Crippen LogP contribution in [0, 0.1) is 0 Å². The predicted molar refractivity (Wildman–Crippen MR) is 79.5 cm³/mol. The Labute approximate surface area is 110 Å². The molecule has 0 unspecified atom stereocenters. The molecule has 5 heteroatoms. The van der Waals surface area contributed by atoms with Crippen molar-refractivity contribution in [1.29, 1.82) is 0 Å². The van der Waals surface area contributed by atoms with Crippen molar-refractivity contribution >= 4 is 34.7 Å². The van der Waals surface area contributed by atoms with Crippen LogP contribution < -0.4 is 0 Å². The molecule has 2 aliphatic rings. The van der Waals surface area contributed by atoms with Crippen LogP contribution >= 0.6 is 0 Å². The number of rotatable bonds is 2. The predicted octanol–water partition coefficient (Wildman–Crippen LogP) is 3.14. The van der Waals surface area contributed by atoms with Crippen LogP contribution in [0.1, 0.15) is 13.8 Å². The lowest BCUT2D eigenvalue weighted by atomic mass is 10.4. The van der Waals surface area contributed by atoms with Gasteiger partial charge in [0.1, 0.15) is 11.6 Å². The summed E-state index contributed by atoms with van der Waals surface area (Å²) in [6, 6.07) is 3.75. The SMILES string of the molecule is CC1=NC(=Nc2ccc(N=C3C=CC(C)=N3)[nH]2)C=C1. The van der Waals surface area contributed by atoms with Gasteiger partial charge in [-0.05, 0) is 50.3 Å². The first-order valence-electron chi connectivity index (χ1n) is 6.02. The summed E-state index contributed by atoms with van der Waals surface area (Å²) < 4.78 is 0. The van der Waals surface area contributed by atoms with Crippen LogP contribution in [0.2, 0.25) is 0 Å². The number of allylic oxidation sites excluding steroid dienone is 2. The minimum Gasteiger partial charge on any atom is -0.325 e. The van der Waals surface area contributed by atoms with Crippen LogP contribution in [0.25, 0.3) is 0 Å². The fourth-order valence-corrected chi connectivity index (χ4v) is 1.77. The Kier molecular flexibility index (Phi) is 2.79. The molecule has 0 spiro atoms. The van der Waals surface area contributed by atoms with E-state index >= 15 is 0 Å². The second-order valence-corrected chi connectivity index (χ2v) is 4.34. The van der Waals surface area contributed by atoms with E-state index in [1.807, 2.05) is 50.3 Å². The van der Waals surface area contributed by atoms with Crippen molar-refractivity contribution in [3.63, 3.8) is 0 Å². The number of amidine groups is 2. The van der Waals surface area contributed by atoms with Gasteiger partial charge in [-0.3, -0.25) is 0 Å². The summed E-state index contributed by atoms with van der Waals surface area (Å²) in [5.41, 5.74) is 1.93. The average Bonchev–Trinajstić information content (AvgIpc) is 3.05. The van der Waals surface area contributed by atoms with E-state index in [0.29, 0.717) is 11.7 Å². The molecule has 1 aromatic rings. The van der Waals surface area contributed by atoms with Gasteiger partial charge in [-0.1, -0.05) is 0 Å². The minimum atomic E-state index is 0.702. The first-order valence-corrected chi connectivity index (χ1v) is 6.02. The van der Waals surface area contributed by atoms with Gasteiger partial charge in [0.15, 0.2) is 11.7 Å². The highest BCUT2D eigenvalue weighted by Crippen LogP contribution is 2.19. The molecule has 1 N–H and O–H groups in total. The van der Waals surface area contributed by atoms with Crippen molar-refractivity contribution in [1.82, 2.24) is 4.98 Å². The summed E-state index contributed by atoms with van der Waals surface area (Å²) in [6.07, 6.45) is 7.64. The molecule has 19 heavy (non-hydrogen) atoms. The number of H-pyrrole nitrogens is 1. The number of aromatic amines is 1. The van der Waals surface area contributed by atoms with Crippen LogP contribution in [-0.2, 0) is 0 Å². The maximum atomic E-state index is 4.38. The van der Waals surface area contributed by atoms with Gasteiger partial charge in [0.25, 0.3) is 0 Å². The molecule has 94 valence electrons. The van der Waals surface area contributed by atoms with Gasteiger partial charge in [-0.25, -0.2) is 20.0 Å². The molecule has 3 heterocycles. The Morgan fingerprint density at radius 3 is 1.63 bits per heavy atom. The topological polar surface area (TPSA) is 65.2 Å². The molecule has 1 aromatic heterocycles. The maximum absolute atomic E-state index is 4.38. The Hall–Kier alpha value is -2.56. The average molecular weight is 251 g/mol. The molecular formula is C14H13N5. The maximum Gasteiger partial charge on any atom is 0.154 e. The van der Waals surface area contributed by atoms with Gasteiger partial charge in [0.05, 0.1) is 0 Å². The third-order valence-electron chi connectivity index (χ3n) is 2.65. The molecule has 0 bridgehead atoms. The van der Waals surface area contributed by atoms with Gasteiger partial charge in [0.2, 0.25) is 0 Å². The molecule has 0 radical (unpaired) electrons. The third-order valence-corrected chi connectivity index (χ3v) is 2.65. The zero-order valence-electron chi connectivity index (χ0n) is 10.8. The lowest BCUT2D eigenvalue weighted by Crippen LogP contribution is -1.85. The van der Waals surface area contributed by atoms with Gasteiger partial charge in [-0.2, -0.15) is 0 Å². The van der Waals surface area contributed by atoms with E-state index in [4.69, 9.17) is 0 Å². The Balaban J connectivity index is 1.82. The van der Waals surface area contributed by atoms with E-state index in [9.17, 15) is 0 Å². The van der Waals surface area contributed by atoms with E-state index in [2.05, 4.69) is 25.0 Å². The van der Waals surface area contributed by atoms with Crippen molar-refractivity contribution < 1.29 is 0 Å². The first kappa shape index (κ1) is 11.5. The van der Waals surface area contributed by atoms with E-state index in [1.54, 1.807) is 0 Å². The van der Waals surface area contributed by atoms with Gasteiger partial charge >= 0.3 is 0 Å². The molecule has 5 nitrogen and oxygen atoms in total. The molecule has 0 aliphatic carbocycles. The van der Waals surface area contributed by atoms with E-state index < -0.39 is 0 Å². The number of aromatic nitrogens is 1. The number of nitrogens with one attached hydrogen (secondary N) is 1. The summed E-state index contributed by atoms with van der Waals surface area (Å²) in [7, 11) is 0. The second kappa shape index (κ2) is 4.61. The van der Waals surface area contributed by atoms with Crippen molar-refractivity contribution in [2.24, 2.45) is 20.0 Å². The van der Waals surface area contributed by atoms with Crippen LogP contribution in [0.15, 0.2) is 56.4 Å². The lowest BCUT2D eigenvalue weighted by Gasteiger charge is -1.91. The molecule has 0 saturated heterocycles. The Morgan fingerprint density at radius 1 is 0.789 bits per heavy atom. The molecular weight excluding hydrogens is 238 g/mol. The van der Waals surface area contributed by atoms with Crippen molar-refractivity contribution in [2.75, 3.05) is 0 Å². The van der Waals surface area contributed by atoms with E-state index in [1.165, 1.54) is 0 Å². The van der Waals surface area contributed by atoms with Gasteiger partial charge < -0.3 is 4.98 Å². The van der Waals surface area contributed by atoms with Crippen molar-refractivity contribution in [3.8, 4) is 0 Å². The Bertz CT molecular complexity index is 637. The van der Waals surface area contributed by atoms with Crippen LogP contribution in [0.3, 0.4) is 0 Å². The standard InChI is InChI=1S/C14H13N5/c1-9-3-5-11(15-9)17-13-7-8-14(19-13)18-12-6-4-10(2)16-12/h3-8,19H,1-2H3. The molecule has 0 fully saturated rings. The fourth-order valence-electron chi connectivity index (χ4n) is 1.77. The van der Waals surface area contributed by atoms with Crippen molar-refractivity contribution in [2.45, 2.75) is 13.8 Å². The molecule has 0 saturated carbocycles. The monoisotopic (exact) mass is 251 g/mol. The van der Waals surface area contributed by atoms with Gasteiger partial charge in [0, 0.05) is 11.4 Å². The highest BCUT2D eigenvalue weighted by atomic mass is 15.1. The molecule has 0 aromatic carbocycles. The zero-order valence-corrected chi connectivity index (χ0v) is 10.8. The van der Waals surface area contributed by atoms with E-state index in [-0.39, 0.29) is 0 Å².